The van der Waals surface area contributed by atoms with E-state index in [0.29, 0.717) is 11.6 Å². The zero-order valence-corrected chi connectivity index (χ0v) is 17.4. The molecule has 4 rings (SSSR count). The second-order valence-corrected chi connectivity index (χ2v) is 7.99. The van der Waals surface area contributed by atoms with Crippen LogP contribution in [-0.4, -0.2) is 40.1 Å². The Bertz CT molecular complexity index is 1000. The summed E-state index contributed by atoms with van der Waals surface area (Å²) in [6, 6.07) is 9.73. The molecule has 0 saturated carbocycles. The fourth-order valence-electron chi connectivity index (χ4n) is 3.86. The third kappa shape index (κ3) is 4.37. The van der Waals surface area contributed by atoms with Crippen molar-refractivity contribution < 1.29 is 4.79 Å². The van der Waals surface area contributed by atoms with Crippen molar-refractivity contribution in [3.05, 3.63) is 47.7 Å². The molecule has 1 amide bonds. The maximum Gasteiger partial charge on any atom is 0.224 e. The highest BCUT2D eigenvalue weighted by Crippen LogP contribution is 2.29. The lowest BCUT2D eigenvalue weighted by atomic mass is 9.97. The highest BCUT2D eigenvalue weighted by molar-refractivity contribution is 6.30. The highest BCUT2D eigenvalue weighted by atomic mass is 35.5. The van der Waals surface area contributed by atoms with Gasteiger partial charge >= 0.3 is 0 Å². The molecule has 3 heterocycles. The number of piperidine rings is 1. The van der Waals surface area contributed by atoms with E-state index >= 15 is 0 Å². The van der Waals surface area contributed by atoms with Crippen LogP contribution in [0.2, 0.25) is 5.02 Å². The van der Waals surface area contributed by atoms with Gasteiger partial charge in [0, 0.05) is 42.6 Å². The Morgan fingerprint density at radius 1 is 1.34 bits per heavy atom. The highest BCUT2D eigenvalue weighted by Gasteiger charge is 2.27. The molecule has 7 heteroatoms. The minimum Gasteiger partial charge on any atom is -0.356 e. The van der Waals surface area contributed by atoms with Gasteiger partial charge in [0.1, 0.15) is 5.52 Å². The third-order valence-electron chi connectivity index (χ3n) is 5.41. The summed E-state index contributed by atoms with van der Waals surface area (Å²) in [6.45, 7) is 4.46. The second-order valence-electron chi connectivity index (χ2n) is 7.55. The molecule has 1 N–H and O–H groups in total. The number of carbonyl (C=O) groups excluding carboxylic acids is 1. The summed E-state index contributed by atoms with van der Waals surface area (Å²) in [6.07, 6.45) is 7.62. The largest absolute Gasteiger partial charge is 0.356 e. The van der Waals surface area contributed by atoms with Gasteiger partial charge in [-0.15, -0.1) is 0 Å². The van der Waals surface area contributed by atoms with Gasteiger partial charge in [-0.25, -0.2) is 9.50 Å². The molecule has 2 aromatic heterocycles. The number of anilines is 1. The SMILES string of the molecule is CCCCNC(=O)[C@@H]1CCCN(c2nccn3nc(-c4cccc(Cl)c4)cc23)C1. The van der Waals surface area contributed by atoms with Crippen molar-refractivity contribution in [2.45, 2.75) is 32.6 Å². The molecule has 1 aliphatic rings. The van der Waals surface area contributed by atoms with E-state index in [1.54, 1.807) is 6.20 Å². The summed E-state index contributed by atoms with van der Waals surface area (Å²) < 4.78 is 1.85. The molecular formula is C22H26ClN5O. The zero-order chi connectivity index (χ0) is 20.2. The van der Waals surface area contributed by atoms with Gasteiger partial charge in [-0.05, 0) is 37.5 Å². The van der Waals surface area contributed by atoms with Crippen molar-refractivity contribution in [3.63, 3.8) is 0 Å². The minimum atomic E-state index is -0.00187. The summed E-state index contributed by atoms with van der Waals surface area (Å²) in [7, 11) is 0. The summed E-state index contributed by atoms with van der Waals surface area (Å²) >= 11 is 6.14. The Morgan fingerprint density at radius 3 is 3.07 bits per heavy atom. The van der Waals surface area contributed by atoms with E-state index in [2.05, 4.69) is 22.1 Å². The summed E-state index contributed by atoms with van der Waals surface area (Å²) in [4.78, 5) is 19.4. The van der Waals surface area contributed by atoms with Crippen molar-refractivity contribution in [1.82, 2.24) is 19.9 Å². The number of benzene rings is 1. The topological polar surface area (TPSA) is 62.5 Å². The molecule has 1 saturated heterocycles. The average molecular weight is 412 g/mol. The molecule has 0 radical (unpaired) electrons. The maximum absolute atomic E-state index is 12.5. The summed E-state index contributed by atoms with van der Waals surface area (Å²) in [5.41, 5.74) is 2.76. The number of amides is 1. The van der Waals surface area contributed by atoms with Gasteiger partial charge in [-0.3, -0.25) is 4.79 Å². The van der Waals surface area contributed by atoms with Gasteiger partial charge < -0.3 is 10.2 Å². The first-order valence-corrected chi connectivity index (χ1v) is 10.7. The predicted molar refractivity (Wildman–Crippen MR) is 116 cm³/mol. The number of fused-ring (bicyclic) bond motifs is 1. The number of nitrogens with zero attached hydrogens (tertiary/aromatic N) is 4. The minimum absolute atomic E-state index is 0.00187. The molecule has 3 aromatic rings. The van der Waals surface area contributed by atoms with Crippen molar-refractivity contribution >= 4 is 28.8 Å². The van der Waals surface area contributed by atoms with Gasteiger partial charge in [-0.2, -0.15) is 5.10 Å². The van der Waals surface area contributed by atoms with Gasteiger partial charge in [0.25, 0.3) is 0 Å². The van der Waals surface area contributed by atoms with E-state index in [1.165, 1.54) is 0 Å². The summed E-state index contributed by atoms with van der Waals surface area (Å²) in [5, 5.41) is 8.46. The Kier molecular flexibility index (Phi) is 6.00. The van der Waals surface area contributed by atoms with Crippen molar-refractivity contribution in [2.24, 2.45) is 5.92 Å². The molecule has 0 aliphatic carbocycles. The van der Waals surface area contributed by atoms with Crippen molar-refractivity contribution in [3.8, 4) is 11.3 Å². The smallest absolute Gasteiger partial charge is 0.224 e. The number of aromatic nitrogens is 3. The molecule has 1 aromatic carbocycles. The standard InChI is InChI=1S/C22H26ClN5O/c1-2-3-9-25-22(29)17-7-5-11-27(15-17)21-20-14-19(26-28(20)12-10-24-21)16-6-4-8-18(23)13-16/h4,6,8,10,12-14,17H,2-3,5,7,9,11,15H2,1H3,(H,25,29)/t17-/m1/s1. The summed E-state index contributed by atoms with van der Waals surface area (Å²) in [5.74, 6) is 1.03. The first-order valence-electron chi connectivity index (χ1n) is 10.3. The van der Waals surface area contributed by atoms with Gasteiger partial charge in [-0.1, -0.05) is 37.1 Å². The zero-order valence-electron chi connectivity index (χ0n) is 16.6. The van der Waals surface area contributed by atoms with Crippen LogP contribution in [0, 0.1) is 5.92 Å². The Hall–Kier alpha value is -2.60. The molecule has 152 valence electrons. The monoisotopic (exact) mass is 411 g/mol. The van der Waals surface area contributed by atoms with Crippen molar-refractivity contribution in [1.29, 1.82) is 0 Å². The first-order chi connectivity index (χ1) is 14.2. The van der Waals surface area contributed by atoms with E-state index in [4.69, 9.17) is 16.7 Å². The van der Waals surface area contributed by atoms with Crippen LogP contribution >= 0.6 is 11.6 Å². The Labute approximate surface area is 175 Å². The van der Waals surface area contributed by atoms with Crippen LogP contribution in [0.4, 0.5) is 5.82 Å². The lowest BCUT2D eigenvalue weighted by molar-refractivity contribution is -0.125. The van der Waals surface area contributed by atoms with Crippen LogP contribution < -0.4 is 10.2 Å². The Morgan fingerprint density at radius 2 is 2.24 bits per heavy atom. The lowest BCUT2D eigenvalue weighted by Gasteiger charge is -2.33. The van der Waals surface area contributed by atoms with Crippen LogP contribution in [0.5, 0.6) is 0 Å². The number of nitrogens with one attached hydrogen (secondary N) is 1. The predicted octanol–water partition coefficient (Wildman–Crippen LogP) is 4.18. The van der Waals surface area contributed by atoms with Gasteiger partial charge in [0.2, 0.25) is 5.91 Å². The number of halogens is 1. The number of rotatable bonds is 6. The first kappa shape index (κ1) is 19.7. The maximum atomic E-state index is 12.5. The van der Waals surface area contributed by atoms with E-state index in [0.717, 1.165) is 61.4 Å². The molecule has 1 aliphatic heterocycles. The van der Waals surface area contributed by atoms with Crippen LogP contribution in [0.25, 0.3) is 16.8 Å². The fourth-order valence-corrected chi connectivity index (χ4v) is 4.05. The molecule has 1 atom stereocenters. The number of carbonyl (C=O) groups is 1. The molecule has 0 unspecified atom stereocenters. The molecule has 0 bridgehead atoms. The Balaban J connectivity index is 1.58. The van der Waals surface area contributed by atoms with Crippen molar-refractivity contribution in [2.75, 3.05) is 24.5 Å². The van der Waals surface area contributed by atoms with Gasteiger partial charge in [0.15, 0.2) is 5.82 Å². The van der Waals surface area contributed by atoms with E-state index in [-0.39, 0.29) is 11.8 Å². The molecule has 29 heavy (non-hydrogen) atoms. The van der Waals surface area contributed by atoms with Crippen LogP contribution in [0.3, 0.4) is 0 Å². The van der Waals surface area contributed by atoms with Crippen LogP contribution in [0.15, 0.2) is 42.7 Å². The number of hydrogen-bond donors (Lipinski definition) is 1. The van der Waals surface area contributed by atoms with Crippen LogP contribution in [0.1, 0.15) is 32.6 Å². The molecular weight excluding hydrogens is 386 g/mol. The van der Waals surface area contributed by atoms with Crippen LogP contribution in [-0.2, 0) is 4.79 Å². The lowest BCUT2D eigenvalue weighted by Crippen LogP contribution is -2.43. The average Bonchev–Trinajstić information content (AvgIpc) is 3.18. The van der Waals surface area contributed by atoms with E-state index in [1.807, 2.05) is 41.0 Å². The number of hydrogen-bond acceptors (Lipinski definition) is 4. The second kappa shape index (κ2) is 8.82. The third-order valence-corrected chi connectivity index (χ3v) is 5.65. The molecule has 1 fully saturated rings. The van der Waals surface area contributed by atoms with E-state index < -0.39 is 0 Å². The fraction of sp³-hybridized carbons (Fsp3) is 0.409. The van der Waals surface area contributed by atoms with E-state index in [9.17, 15) is 4.79 Å². The normalized spacial score (nSPS) is 16.9. The molecule has 6 nitrogen and oxygen atoms in total. The number of unbranched alkanes of at least 4 members (excludes halogenated alkanes) is 1. The molecule has 0 spiro atoms. The quantitative estimate of drug-likeness (QED) is 0.618. The van der Waals surface area contributed by atoms with Gasteiger partial charge in [0.05, 0.1) is 11.6 Å².